The minimum Gasteiger partial charge on any atom is -0.263 e. The van der Waals surface area contributed by atoms with E-state index in [2.05, 4.69) is 19.9 Å². The highest BCUT2D eigenvalue weighted by atomic mass is 32.2. The van der Waals surface area contributed by atoms with Gasteiger partial charge < -0.3 is 0 Å². The summed E-state index contributed by atoms with van der Waals surface area (Å²) in [5.41, 5.74) is 2.99. The molecule has 1 aromatic heterocycles. The average molecular weight is 370 g/mol. The molecule has 2 aromatic carbocycles. The van der Waals surface area contributed by atoms with Crippen LogP contribution in [0, 0.1) is 13.8 Å². The molecule has 0 spiro atoms. The number of hydrogen-bond donors (Lipinski definition) is 2. The minimum atomic E-state index is -3.53. The van der Waals surface area contributed by atoms with E-state index in [1.54, 1.807) is 12.1 Å². The Bertz CT molecular complexity index is 962. The van der Waals surface area contributed by atoms with Crippen molar-refractivity contribution in [2.45, 2.75) is 31.6 Å². The van der Waals surface area contributed by atoms with Crippen LogP contribution in [0.2, 0.25) is 0 Å². The lowest BCUT2D eigenvalue weighted by Gasteiger charge is -2.07. The van der Waals surface area contributed by atoms with Crippen LogP contribution >= 0.6 is 0 Å². The number of aryl methyl sites for hydroxylation is 2. The first-order valence-corrected chi connectivity index (χ1v) is 9.93. The van der Waals surface area contributed by atoms with Crippen LogP contribution in [0.4, 0.5) is 0 Å². The van der Waals surface area contributed by atoms with Crippen molar-refractivity contribution in [3.05, 3.63) is 76.9 Å². The lowest BCUT2D eigenvalue weighted by atomic mass is 10.1. The molecule has 0 aliphatic carbocycles. The Labute approximate surface area is 153 Å². The summed E-state index contributed by atoms with van der Waals surface area (Å²) >= 11 is 0. The van der Waals surface area contributed by atoms with E-state index in [4.69, 9.17) is 0 Å². The minimum absolute atomic E-state index is 0.248. The van der Waals surface area contributed by atoms with E-state index >= 15 is 0 Å². The van der Waals surface area contributed by atoms with Gasteiger partial charge in [0.05, 0.1) is 4.90 Å². The quantitative estimate of drug-likeness (QED) is 0.669. The van der Waals surface area contributed by atoms with Gasteiger partial charge >= 0.3 is 0 Å². The normalized spacial score (nSPS) is 11.6. The van der Waals surface area contributed by atoms with E-state index in [1.807, 2.05) is 50.2 Å². The third kappa shape index (κ3) is 4.77. The Balaban J connectivity index is 1.58. The van der Waals surface area contributed by atoms with Crippen molar-refractivity contribution in [3.63, 3.8) is 0 Å². The van der Waals surface area contributed by atoms with Crippen LogP contribution in [0.25, 0.3) is 0 Å². The van der Waals surface area contributed by atoms with Gasteiger partial charge in [0.1, 0.15) is 5.82 Å². The summed E-state index contributed by atoms with van der Waals surface area (Å²) in [5, 5.41) is 7.07. The summed E-state index contributed by atoms with van der Waals surface area (Å²) in [5.74, 6) is 1.36. The number of benzene rings is 2. The maximum absolute atomic E-state index is 12.4. The Kier molecular flexibility index (Phi) is 5.49. The Morgan fingerprint density at radius 2 is 1.73 bits per heavy atom. The molecule has 136 valence electrons. The maximum Gasteiger partial charge on any atom is 0.240 e. The fraction of sp³-hybridized carbons (Fsp3) is 0.263. The maximum atomic E-state index is 12.4. The number of nitrogens with one attached hydrogen (secondary N) is 2. The number of rotatable bonds is 7. The van der Waals surface area contributed by atoms with Crippen LogP contribution in [-0.2, 0) is 22.9 Å². The van der Waals surface area contributed by atoms with Crippen LogP contribution in [0.1, 0.15) is 28.3 Å². The lowest BCUT2D eigenvalue weighted by molar-refractivity contribution is 0.580. The van der Waals surface area contributed by atoms with E-state index in [0.717, 1.165) is 22.5 Å². The first-order valence-electron chi connectivity index (χ1n) is 8.44. The fourth-order valence-corrected chi connectivity index (χ4v) is 4.00. The molecule has 0 radical (unpaired) electrons. The van der Waals surface area contributed by atoms with Crippen molar-refractivity contribution in [1.82, 2.24) is 19.9 Å². The van der Waals surface area contributed by atoms with Gasteiger partial charge in [-0.3, -0.25) is 5.10 Å². The number of H-pyrrole nitrogens is 1. The molecule has 0 unspecified atom stereocenters. The monoisotopic (exact) mass is 370 g/mol. The first kappa shape index (κ1) is 18.3. The van der Waals surface area contributed by atoms with Crippen LogP contribution in [0.3, 0.4) is 0 Å². The summed E-state index contributed by atoms with van der Waals surface area (Å²) < 4.78 is 27.4. The number of sulfonamides is 1. The van der Waals surface area contributed by atoms with Gasteiger partial charge in [0.2, 0.25) is 10.0 Å². The molecular weight excluding hydrogens is 348 g/mol. The predicted octanol–water partition coefficient (Wildman–Crippen LogP) is 2.53. The van der Waals surface area contributed by atoms with Gasteiger partial charge in [-0.15, -0.1) is 0 Å². The highest BCUT2D eigenvalue weighted by molar-refractivity contribution is 7.89. The summed E-state index contributed by atoms with van der Waals surface area (Å²) in [6.45, 7) is 4.01. The molecule has 0 aliphatic rings. The molecule has 7 heteroatoms. The predicted molar refractivity (Wildman–Crippen MR) is 100 cm³/mol. The molecule has 0 amide bonds. The molecule has 0 aliphatic heterocycles. The SMILES string of the molecule is Cc1cc(C)cc(S(=O)(=O)NCCc2n[nH]c(Cc3ccccc3)n2)c1. The van der Waals surface area contributed by atoms with Gasteiger partial charge in [-0.25, -0.2) is 18.1 Å². The Hall–Kier alpha value is -2.51. The van der Waals surface area contributed by atoms with E-state index in [1.165, 1.54) is 0 Å². The Morgan fingerprint density at radius 1 is 1.04 bits per heavy atom. The summed E-state index contributed by atoms with van der Waals surface area (Å²) in [6.07, 6.45) is 1.09. The van der Waals surface area contributed by atoms with Crippen molar-refractivity contribution in [1.29, 1.82) is 0 Å². The number of nitrogens with zero attached hydrogens (tertiary/aromatic N) is 2. The molecule has 3 rings (SSSR count). The third-order valence-electron chi connectivity index (χ3n) is 3.94. The second-order valence-corrected chi connectivity index (χ2v) is 8.10. The molecule has 0 bridgehead atoms. The lowest BCUT2D eigenvalue weighted by Crippen LogP contribution is -2.26. The van der Waals surface area contributed by atoms with E-state index in [0.29, 0.717) is 18.7 Å². The molecule has 0 saturated carbocycles. The van der Waals surface area contributed by atoms with Crippen molar-refractivity contribution in [2.75, 3.05) is 6.54 Å². The second-order valence-electron chi connectivity index (χ2n) is 6.33. The fourth-order valence-electron chi connectivity index (χ4n) is 2.78. The van der Waals surface area contributed by atoms with E-state index < -0.39 is 10.0 Å². The molecule has 0 atom stereocenters. The third-order valence-corrected chi connectivity index (χ3v) is 5.38. The standard InChI is InChI=1S/C19H22N4O2S/c1-14-10-15(2)12-17(11-14)26(24,25)20-9-8-18-21-19(23-22-18)13-16-6-4-3-5-7-16/h3-7,10-12,20H,8-9,13H2,1-2H3,(H,21,22,23). The zero-order valence-electron chi connectivity index (χ0n) is 14.9. The number of aromatic amines is 1. The molecule has 6 nitrogen and oxygen atoms in total. The average Bonchev–Trinajstić information content (AvgIpc) is 3.02. The number of aromatic nitrogens is 3. The zero-order valence-corrected chi connectivity index (χ0v) is 15.7. The van der Waals surface area contributed by atoms with Crippen molar-refractivity contribution in [3.8, 4) is 0 Å². The van der Waals surface area contributed by atoms with Crippen LogP contribution in [-0.4, -0.2) is 30.1 Å². The van der Waals surface area contributed by atoms with Gasteiger partial charge in [-0.2, -0.15) is 5.10 Å². The van der Waals surface area contributed by atoms with Crippen molar-refractivity contribution < 1.29 is 8.42 Å². The highest BCUT2D eigenvalue weighted by Crippen LogP contribution is 2.14. The molecule has 0 fully saturated rings. The van der Waals surface area contributed by atoms with E-state index in [-0.39, 0.29) is 11.4 Å². The van der Waals surface area contributed by atoms with Crippen molar-refractivity contribution >= 4 is 10.0 Å². The van der Waals surface area contributed by atoms with Crippen LogP contribution in [0.15, 0.2) is 53.4 Å². The molecule has 3 aromatic rings. The van der Waals surface area contributed by atoms with Crippen LogP contribution < -0.4 is 4.72 Å². The van der Waals surface area contributed by atoms with Crippen molar-refractivity contribution in [2.24, 2.45) is 0 Å². The highest BCUT2D eigenvalue weighted by Gasteiger charge is 2.15. The smallest absolute Gasteiger partial charge is 0.240 e. The van der Waals surface area contributed by atoms with Gasteiger partial charge in [-0.05, 0) is 42.7 Å². The first-order chi connectivity index (χ1) is 12.4. The molecule has 26 heavy (non-hydrogen) atoms. The number of hydrogen-bond acceptors (Lipinski definition) is 4. The molecule has 1 heterocycles. The second kappa shape index (κ2) is 7.80. The summed E-state index contributed by atoms with van der Waals surface area (Å²) in [7, 11) is -3.53. The summed E-state index contributed by atoms with van der Waals surface area (Å²) in [6, 6.07) is 15.3. The molecule has 0 saturated heterocycles. The Morgan fingerprint density at radius 3 is 2.42 bits per heavy atom. The topological polar surface area (TPSA) is 87.7 Å². The molecular formula is C19H22N4O2S. The summed E-state index contributed by atoms with van der Waals surface area (Å²) in [4.78, 5) is 4.71. The van der Waals surface area contributed by atoms with Gasteiger partial charge in [0, 0.05) is 19.4 Å². The van der Waals surface area contributed by atoms with E-state index in [9.17, 15) is 8.42 Å². The zero-order chi connectivity index (χ0) is 18.6. The largest absolute Gasteiger partial charge is 0.263 e. The van der Waals surface area contributed by atoms with Gasteiger partial charge in [0.15, 0.2) is 5.82 Å². The van der Waals surface area contributed by atoms with Gasteiger partial charge in [-0.1, -0.05) is 36.4 Å². The molecule has 2 N–H and O–H groups in total. The van der Waals surface area contributed by atoms with Crippen LogP contribution in [0.5, 0.6) is 0 Å². The van der Waals surface area contributed by atoms with Gasteiger partial charge in [0.25, 0.3) is 0 Å².